The Hall–Kier alpha value is -2.04. The largest absolute Gasteiger partial charge is 0.494 e. The van der Waals surface area contributed by atoms with Gasteiger partial charge in [0.15, 0.2) is 5.60 Å². The van der Waals surface area contributed by atoms with E-state index in [-0.39, 0.29) is 5.91 Å². The number of nitrogens with zero attached hydrogens (tertiary/aromatic N) is 1. The lowest BCUT2D eigenvalue weighted by molar-refractivity contribution is -0.134. The maximum absolute atomic E-state index is 11.9. The fourth-order valence-electron chi connectivity index (χ4n) is 2.00. The van der Waals surface area contributed by atoms with Gasteiger partial charge in [-0.2, -0.15) is 0 Å². The first kappa shape index (κ1) is 14.4. The minimum atomic E-state index is -1.03. The molecule has 0 spiro atoms. The highest BCUT2D eigenvalue weighted by Crippen LogP contribution is 2.23. The zero-order valence-electron chi connectivity index (χ0n) is 11.8. The Labute approximate surface area is 118 Å². The summed E-state index contributed by atoms with van der Waals surface area (Å²) in [7, 11) is 0. The molecule has 1 aromatic rings. The fraction of sp³-hybridized carbons (Fsp3) is 0.467. The van der Waals surface area contributed by atoms with Crippen LogP contribution in [0.2, 0.25) is 0 Å². The van der Waals surface area contributed by atoms with Gasteiger partial charge in [0.05, 0.1) is 6.61 Å². The van der Waals surface area contributed by atoms with E-state index in [9.17, 15) is 9.59 Å². The van der Waals surface area contributed by atoms with E-state index in [0.717, 1.165) is 12.2 Å². The molecular weight excluding hydrogens is 258 g/mol. The fourth-order valence-corrected chi connectivity index (χ4v) is 2.00. The van der Waals surface area contributed by atoms with Crippen LogP contribution in [-0.4, -0.2) is 35.7 Å². The molecule has 1 fully saturated rings. The number of hydrogen-bond acceptors (Lipinski definition) is 4. The van der Waals surface area contributed by atoms with Gasteiger partial charge in [0.2, 0.25) is 0 Å². The molecule has 0 aromatic heterocycles. The van der Waals surface area contributed by atoms with Crippen molar-refractivity contribution in [2.75, 3.05) is 13.2 Å². The quantitative estimate of drug-likeness (QED) is 0.750. The molecule has 1 aliphatic heterocycles. The summed E-state index contributed by atoms with van der Waals surface area (Å²) in [6, 6.07) is 9.54. The molecule has 0 bridgehead atoms. The number of cyclic esters (lactones) is 1. The number of carbonyl (C=O) groups excluding carboxylic acids is 2. The van der Waals surface area contributed by atoms with Crippen molar-refractivity contribution >= 4 is 12.0 Å². The van der Waals surface area contributed by atoms with Gasteiger partial charge in [-0.1, -0.05) is 18.2 Å². The Bertz CT molecular complexity index is 484. The Balaban J connectivity index is 1.69. The van der Waals surface area contributed by atoms with Crippen LogP contribution in [0.25, 0.3) is 0 Å². The predicted octanol–water partition coefficient (Wildman–Crippen LogP) is 2.60. The van der Waals surface area contributed by atoms with Crippen LogP contribution in [0.1, 0.15) is 26.7 Å². The van der Waals surface area contributed by atoms with Crippen LogP contribution in [0.3, 0.4) is 0 Å². The van der Waals surface area contributed by atoms with Crippen molar-refractivity contribution in [1.82, 2.24) is 4.90 Å². The average molecular weight is 277 g/mol. The molecule has 5 nitrogen and oxygen atoms in total. The maximum Gasteiger partial charge on any atom is 0.417 e. The van der Waals surface area contributed by atoms with Gasteiger partial charge in [0.1, 0.15) is 5.75 Å². The third-order valence-corrected chi connectivity index (χ3v) is 3.11. The summed E-state index contributed by atoms with van der Waals surface area (Å²) in [5.41, 5.74) is -1.03. The molecule has 0 N–H and O–H groups in total. The van der Waals surface area contributed by atoms with Crippen LogP contribution >= 0.6 is 0 Å². The van der Waals surface area contributed by atoms with E-state index < -0.39 is 11.7 Å². The molecule has 20 heavy (non-hydrogen) atoms. The molecular formula is C15H19NO4. The van der Waals surface area contributed by atoms with Gasteiger partial charge in [-0.3, -0.25) is 4.79 Å². The molecule has 0 atom stereocenters. The Morgan fingerprint density at radius 1 is 1.15 bits per heavy atom. The number of amides is 2. The minimum absolute atomic E-state index is 0.272. The zero-order chi connectivity index (χ0) is 14.6. The van der Waals surface area contributed by atoms with Crippen LogP contribution in [0.15, 0.2) is 30.3 Å². The molecule has 0 radical (unpaired) electrons. The molecule has 0 saturated carbocycles. The van der Waals surface area contributed by atoms with E-state index in [1.807, 2.05) is 30.3 Å². The van der Waals surface area contributed by atoms with Crippen LogP contribution in [-0.2, 0) is 9.53 Å². The van der Waals surface area contributed by atoms with Crippen molar-refractivity contribution in [2.45, 2.75) is 32.3 Å². The van der Waals surface area contributed by atoms with Gasteiger partial charge in [-0.15, -0.1) is 0 Å². The van der Waals surface area contributed by atoms with Gasteiger partial charge >= 0.3 is 6.09 Å². The summed E-state index contributed by atoms with van der Waals surface area (Å²) >= 11 is 0. The second kappa shape index (κ2) is 5.94. The first-order chi connectivity index (χ1) is 9.50. The summed E-state index contributed by atoms with van der Waals surface area (Å²) in [6.07, 6.45) is 0.917. The number of carbonyl (C=O) groups is 2. The maximum atomic E-state index is 11.9. The number of unbranched alkanes of at least 4 members (excludes halogenated alkanes) is 1. The molecule has 2 amide bonds. The molecule has 1 heterocycles. The van der Waals surface area contributed by atoms with Crippen LogP contribution in [0.5, 0.6) is 5.75 Å². The topological polar surface area (TPSA) is 55.8 Å². The summed E-state index contributed by atoms with van der Waals surface area (Å²) in [6.45, 7) is 4.14. The second-order valence-corrected chi connectivity index (χ2v) is 5.20. The first-order valence-electron chi connectivity index (χ1n) is 6.73. The smallest absolute Gasteiger partial charge is 0.417 e. The van der Waals surface area contributed by atoms with Crippen LogP contribution < -0.4 is 4.74 Å². The van der Waals surface area contributed by atoms with Crippen molar-refractivity contribution in [3.63, 3.8) is 0 Å². The zero-order valence-corrected chi connectivity index (χ0v) is 11.8. The van der Waals surface area contributed by atoms with Gasteiger partial charge in [0, 0.05) is 6.54 Å². The minimum Gasteiger partial charge on any atom is -0.494 e. The van der Waals surface area contributed by atoms with E-state index in [2.05, 4.69) is 0 Å². The number of ether oxygens (including phenoxy) is 2. The SMILES string of the molecule is CC1(C)OC(=O)N(CCCCOc2ccccc2)C1=O. The number of benzene rings is 1. The highest BCUT2D eigenvalue weighted by molar-refractivity contribution is 6.02. The molecule has 2 rings (SSSR count). The average Bonchev–Trinajstić information content (AvgIpc) is 2.61. The summed E-state index contributed by atoms with van der Waals surface area (Å²) in [5, 5.41) is 0. The van der Waals surface area contributed by atoms with Crippen LogP contribution in [0, 0.1) is 0 Å². The molecule has 0 aliphatic carbocycles. The normalized spacial score (nSPS) is 17.2. The van der Waals surface area contributed by atoms with Crippen molar-refractivity contribution < 1.29 is 19.1 Å². The number of imide groups is 1. The second-order valence-electron chi connectivity index (χ2n) is 5.20. The van der Waals surface area contributed by atoms with E-state index >= 15 is 0 Å². The van der Waals surface area contributed by atoms with E-state index in [0.29, 0.717) is 19.6 Å². The number of hydrogen-bond donors (Lipinski definition) is 0. The third-order valence-electron chi connectivity index (χ3n) is 3.11. The van der Waals surface area contributed by atoms with Gasteiger partial charge in [-0.05, 0) is 38.8 Å². The number of para-hydroxylation sites is 1. The van der Waals surface area contributed by atoms with Crippen molar-refractivity contribution in [2.24, 2.45) is 0 Å². The summed E-state index contributed by atoms with van der Waals surface area (Å²) < 4.78 is 10.6. The summed E-state index contributed by atoms with van der Waals surface area (Å²) in [4.78, 5) is 24.6. The molecule has 5 heteroatoms. The Morgan fingerprint density at radius 2 is 1.85 bits per heavy atom. The lowest BCUT2D eigenvalue weighted by Gasteiger charge is -2.13. The van der Waals surface area contributed by atoms with Crippen LogP contribution in [0.4, 0.5) is 4.79 Å². The van der Waals surface area contributed by atoms with Gasteiger partial charge < -0.3 is 9.47 Å². The van der Waals surface area contributed by atoms with Gasteiger partial charge in [-0.25, -0.2) is 9.69 Å². The molecule has 1 aromatic carbocycles. The molecule has 108 valence electrons. The number of rotatable bonds is 6. The third kappa shape index (κ3) is 3.29. The van der Waals surface area contributed by atoms with Crippen molar-refractivity contribution in [3.05, 3.63) is 30.3 Å². The summed E-state index contributed by atoms with van der Waals surface area (Å²) in [5.74, 6) is 0.553. The first-order valence-corrected chi connectivity index (χ1v) is 6.73. The highest BCUT2D eigenvalue weighted by atomic mass is 16.6. The molecule has 1 saturated heterocycles. The Morgan fingerprint density at radius 3 is 2.45 bits per heavy atom. The van der Waals surface area contributed by atoms with E-state index in [1.54, 1.807) is 13.8 Å². The van der Waals surface area contributed by atoms with Gasteiger partial charge in [0.25, 0.3) is 5.91 Å². The van der Waals surface area contributed by atoms with Crippen molar-refractivity contribution in [1.29, 1.82) is 0 Å². The lowest BCUT2D eigenvalue weighted by atomic mass is 10.1. The monoisotopic (exact) mass is 277 g/mol. The molecule has 0 unspecified atom stereocenters. The predicted molar refractivity (Wildman–Crippen MR) is 73.4 cm³/mol. The van der Waals surface area contributed by atoms with E-state index in [4.69, 9.17) is 9.47 Å². The molecule has 1 aliphatic rings. The highest BCUT2D eigenvalue weighted by Gasteiger charge is 2.46. The standard InChI is InChI=1S/C15H19NO4/c1-15(2)13(17)16(14(18)20-15)10-6-7-11-19-12-8-4-3-5-9-12/h3-5,8-9H,6-7,10-11H2,1-2H3. The van der Waals surface area contributed by atoms with Crippen molar-refractivity contribution in [3.8, 4) is 5.75 Å². The lowest BCUT2D eigenvalue weighted by Crippen LogP contribution is -2.36. The Kier molecular flexibility index (Phi) is 4.27. The van der Waals surface area contributed by atoms with E-state index in [1.165, 1.54) is 4.90 Å².